The largest absolute Gasteiger partial charge is 0.369 e. The molecule has 1 unspecified atom stereocenters. The van der Waals surface area contributed by atoms with Gasteiger partial charge in [-0.05, 0) is 13.8 Å². The third kappa shape index (κ3) is 2.78. The number of carbonyl (C=O) groups excluding carboxylic acids is 1. The molecular formula is C8H13N3OS. The zero-order valence-corrected chi connectivity index (χ0v) is 8.52. The van der Waals surface area contributed by atoms with Crippen LogP contribution in [0.5, 0.6) is 0 Å². The molecule has 4 nitrogen and oxygen atoms in total. The Balaban J connectivity index is 2.53. The average Bonchev–Trinajstić information content (AvgIpc) is 2.47. The number of aryl methyl sites for hydroxylation is 1. The van der Waals surface area contributed by atoms with Crippen LogP contribution in [0.15, 0.2) is 5.51 Å². The monoisotopic (exact) mass is 199 g/mol. The summed E-state index contributed by atoms with van der Waals surface area (Å²) in [5.41, 5.74) is 7.83. The summed E-state index contributed by atoms with van der Waals surface area (Å²) < 4.78 is 0. The second-order valence-corrected chi connectivity index (χ2v) is 3.76. The first-order chi connectivity index (χ1) is 6.11. The molecule has 0 saturated heterocycles. The minimum Gasteiger partial charge on any atom is -0.369 e. The van der Waals surface area contributed by atoms with E-state index in [9.17, 15) is 4.79 Å². The van der Waals surface area contributed by atoms with Crippen molar-refractivity contribution in [3.05, 3.63) is 16.1 Å². The molecule has 0 radical (unpaired) electrons. The molecule has 0 aliphatic heterocycles. The predicted molar refractivity (Wildman–Crippen MR) is 52.5 cm³/mol. The SMILES string of the molecule is Cc1ncsc1C(C)NCC(N)=O. The summed E-state index contributed by atoms with van der Waals surface area (Å²) in [4.78, 5) is 15.8. The van der Waals surface area contributed by atoms with Gasteiger partial charge in [-0.25, -0.2) is 4.98 Å². The Bertz CT molecular complexity index is 297. The van der Waals surface area contributed by atoms with Gasteiger partial charge in [0.15, 0.2) is 0 Å². The summed E-state index contributed by atoms with van der Waals surface area (Å²) in [6.45, 7) is 4.15. The van der Waals surface area contributed by atoms with Gasteiger partial charge in [0.05, 0.1) is 17.7 Å². The first kappa shape index (κ1) is 10.1. The number of nitrogens with two attached hydrogens (primary N) is 1. The summed E-state index contributed by atoms with van der Waals surface area (Å²) in [7, 11) is 0. The fraction of sp³-hybridized carbons (Fsp3) is 0.500. The van der Waals surface area contributed by atoms with Gasteiger partial charge in [-0.1, -0.05) is 0 Å². The Labute approximate surface area is 81.2 Å². The molecule has 1 aromatic heterocycles. The highest BCUT2D eigenvalue weighted by Crippen LogP contribution is 2.20. The van der Waals surface area contributed by atoms with Crippen molar-refractivity contribution in [3.63, 3.8) is 0 Å². The van der Waals surface area contributed by atoms with E-state index >= 15 is 0 Å². The van der Waals surface area contributed by atoms with Gasteiger partial charge in [-0.3, -0.25) is 4.79 Å². The number of carbonyl (C=O) groups is 1. The summed E-state index contributed by atoms with van der Waals surface area (Å²) in [6, 6.07) is 0.139. The van der Waals surface area contributed by atoms with Crippen LogP contribution in [-0.4, -0.2) is 17.4 Å². The van der Waals surface area contributed by atoms with Crippen LogP contribution in [0.4, 0.5) is 0 Å². The number of thiazole rings is 1. The predicted octanol–water partition coefficient (Wildman–Crippen LogP) is 0.587. The van der Waals surface area contributed by atoms with Crippen molar-refractivity contribution in [1.82, 2.24) is 10.3 Å². The van der Waals surface area contributed by atoms with Gasteiger partial charge in [0.25, 0.3) is 0 Å². The van der Waals surface area contributed by atoms with E-state index in [4.69, 9.17) is 5.73 Å². The molecule has 1 aromatic rings. The number of amides is 1. The average molecular weight is 199 g/mol. The molecule has 0 aromatic carbocycles. The summed E-state index contributed by atoms with van der Waals surface area (Å²) in [5.74, 6) is -0.339. The Morgan fingerprint density at radius 2 is 2.54 bits per heavy atom. The smallest absolute Gasteiger partial charge is 0.231 e. The summed E-state index contributed by atoms with van der Waals surface area (Å²) in [6.07, 6.45) is 0. The van der Waals surface area contributed by atoms with E-state index in [1.165, 1.54) is 0 Å². The number of hydrogen-bond donors (Lipinski definition) is 2. The molecular weight excluding hydrogens is 186 g/mol. The van der Waals surface area contributed by atoms with Crippen molar-refractivity contribution in [2.24, 2.45) is 5.73 Å². The Morgan fingerprint density at radius 3 is 3.00 bits per heavy atom. The van der Waals surface area contributed by atoms with Crippen LogP contribution in [0.25, 0.3) is 0 Å². The number of nitrogens with one attached hydrogen (secondary N) is 1. The third-order valence-electron chi connectivity index (χ3n) is 1.76. The summed E-state index contributed by atoms with van der Waals surface area (Å²) >= 11 is 1.58. The lowest BCUT2D eigenvalue weighted by Gasteiger charge is -2.10. The van der Waals surface area contributed by atoms with Crippen molar-refractivity contribution in [3.8, 4) is 0 Å². The number of hydrogen-bond acceptors (Lipinski definition) is 4. The second kappa shape index (κ2) is 4.34. The maximum absolute atomic E-state index is 10.5. The van der Waals surface area contributed by atoms with Crippen LogP contribution in [0.1, 0.15) is 23.5 Å². The Morgan fingerprint density at radius 1 is 1.85 bits per heavy atom. The van der Waals surface area contributed by atoms with Gasteiger partial charge < -0.3 is 11.1 Å². The van der Waals surface area contributed by atoms with E-state index in [-0.39, 0.29) is 18.5 Å². The van der Waals surface area contributed by atoms with Gasteiger partial charge in [0.2, 0.25) is 5.91 Å². The molecule has 1 atom stereocenters. The fourth-order valence-electron chi connectivity index (χ4n) is 1.07. The standard InChI is InChI=1S/C8H13N3OS/c1-5(10-3-7(9)12)8-6(2)11-4-13-8/h4-5,10H,3H2,1-2H3,(H2,9,12). The fourth-order valence-corrected chi connectivity index (χ4v) is 1.91. The maximum Gasteiger partial charge on any atom is 0.231 e. The lowest BCUT2D eigenvalue weighted by Crippen LogP contribution is -2.30. The molecule has 1 amide bonds. The molecule has 13 heavy (non-hydrogen) atoms. The van der Waals surface area contributed by atoms with Crippen LogP contribution in [0.2, 0.25) is 0 Å². The highest BCUT2D eigenvalue weighted by molar-refractivity contribution is 7.09. The maximum atomic E-state index is 10.5. The van der Waals surface area contributed by atoms with Gasteiger partial charge in [0.1, 0.15) is 0 Å². The first-order valence-corrected chi connectivity index (χ1v) is 4.91. The lowest BCUT2D eigenvalue weighted by atomic mass is 10.2. The number of aromatic nitrogens is 1. The van der Waals surface area contributed by atoms with Gasteiger partial charge in [-0.15, -0.1) is 11.3 Å². The van der Waals surface area contributed by atoms with Crippen LogP contribution >= 0.6 is 11.3 Å². The summed E-state index contributed by atoms with van der Waals surface area (Å²) in [5, 5.41) is 3.02. The number of nitrogens with zero attached hydrogens (tertiary/aromatic N) is 1. The minimum atomic E-state index is -0.339. The normalized spacial score (nSPS) is 12.8. The van der Waals surface area contributed by atoms with E-state index in [1.54, 1.807) is 16.8 Å². The zero-order valence-electron chi connectivity index (χ0n) is 7.70. The van der Waals surface area contributed by atoms with Crippen molar-refractivity contribution in [2.75, 3.05) is 6.54 Å². The van der Waals surface area contributed by atoms with E-state index in [2.05, 4.69) is 10.3 Å². The molecule has 0 spiro atoms. The molecule has 72 valence electrons. The highest BCUT2D eigenvalue weighted by atomic mass is 32.1. The lowest BCUT2D eigenvalue weighted by molar-refractivity contribution is -0.117. The molecule has 5 heteroatoms. The Hall–Kier alpha value is -0.940. The molecule has 3 N–H and O–H groups in total. The third-order valence-corrected chi connectivity index (χ3v) is 2.87. The Kier molecular flexibility index (Phi) is 3.39. The van der Waals surface area contributed by atoms with Crippen LogP contribution < -0.4 is 11.1 Å². The molecule has 0 aliphatic rings. The van der Waals surface area contributed by atoms with E-state index in [1.807, 2.05) is 13.8 Å². The quantitative estimate of drug-likeness (QED) is 0.745. The molecule has 0 fully saturated rings. The van der Waals surface area contributed by atoms with E-state index < -0.39 is 0 Å². The minimum absolute atomic E-state index is 0.139. The molecule has 0 aliphatic carbocycles. The second-order valence-electron chi connectivity index (χ2n) is 2.87. The molecule has 0 bridgehead atoms. The van der Waals surface area contributed by atoms with Crippen LogP contribution in [0, 0.1) is 6.92 Å². The zero-order chi connectivity index (χ0) is 9.84. The topological polar surface area (TPSA) is 68.0 Å². The molecule has 0 saturated carbocycles. The van der Waals surface area contributed by atoms with Gasteiger partial charge in [-0.2, -0.15) is 0 Å². The van der Waals surface area contributed by atoms with Crippen molar-refractivity contribution in [2.45, 2.75) is 19.9 Å². The van der Waals surface area contributed by atoms with Gasteiger partial charge in [0, 0.05) is 10.9 Å². The number of rotatable bonds is 4. The van der Waals surface area contributed by atoms with E-state index in [0.717, 1.165) is 10.6 Å². The van der Waals surface area contributed by atoms with Crippen LogP contribution in [0.3, 0.4) is 0 Å². The van der Waals surface area contributed by atoms with Crippen LogP contribution in [-0.2, 0) is 4.79 Å². The van der Waals surface area contributed by atoms with Gasteiger partial charge >= 0.3 is 0 Å². The van der Waals surface area contributed by atoms with E-state index in [0.29, 0.717) is 0 Å². The van der Waals surface area contributed by atoms with Crippen molar-refractivity contribution >= 4 is 17.2 Å². The van der Waals surface area contributed by atoms with Crippen molar-refractivity contribution in [1.29, 1.82) is 0 Å². The molecule has 1 rings (SSSR count). The first-order valence-electron chi connectivity index (χ1n) is 4.03. The molecule has 1 heterocycles. The highest BCUT2D eigenvalue weighted by Gasteiger charge is 2.10. The van der Waals surface area contributed by atoms with Crippen molar-refractivity contribution < 1.29 is 4.79 Å². The number of primary amides is 1.